The molecule has 0 radical (unpaired) electrons. The lowest BCUT2D eigenvalue weighted by Gasteiger charge is -2.10. The van der Waals surface area contributed by atoms with E-state index in [0.717, 1.165) is 6.07 Å². The first-order valence-corrected chi connectivity index (χ1v) is 7.78. The fraction of sp³-hybridized carbons (Fsp3) is 0.154. The Balaban J connectivity index is 2.34. The van der Waals surface area contributed by atoms with Crippen LogP contribution in [0.25, 0.3) is 0 Å². The number of aromatic amines is 1. The van der Waals surface area contributed by atoms with Gasteiger partial charge in [0.05, 0.1) is 16.3 Å². The summed E-state index contributed by atoms with van der Waals surface area (Å²) in [5.41, 5.74) is -0.267. The second-order valence-electron chi connectivity index (χ2n) is 4.16. The minimum Gasteiger partial charge on any atom is -0.319 e. The van der Waals surface area contributed by atoms with Crippen LogP contribution in [0.5, 0.6) is 0 Å². The summed E-state index contributed by atoms with van der Waals surface area (Å²) in [7, 11) is -3.46. The number of nitrogens with zero attached hydrogens (tertiary/aromatic N) is 1. The highest BCUT2D eigenvalue weighted by atomic mass is 32.2. The van der Waals surface area contributed by atoms with Crippen molar-refractivity contribution in [2.45, 2.75) is 11.8 Å². The molecule has 1 aromatic carbocycles. The fourth-order valence-corrected chi connectivity index (χ4v) is 2.70. The SMILES string of the molecule is CCS(=O)(=O)c1ccccc1NC(=O)c1ccc(=O)[nH]n1. The largest absolute Gasteiger partial charge is 0.319 e. The first-order chi connectivity index (χ1) is 9.94. The number of carbonyl (C=O) groups excluding carboxylic acids is 1. The molecule has 0 aliphatic heterocycles. The van der Waals surface area contributed by atoms with Crippen molar-refractivity contribution < 1.29 is 13.2 Å². The maximum Gasteiger partial charge on any atom is 0.276 e. The molecule has 1 amide bonds. The molecule has 0 atom stereocenters. The Bertz CT molecular complexity index is 807. The smallest absolute Gasteiger partial charge is 0.276 e. The van der Waals surface area contributed by atoms with Gasteiger partial charge in [0.25, 0.3) is 11.5 Å². The van der Waals surface area contributed by atoms with Gasteiger partial charge >= 0.3 is 0 Å². The van der Waals surface area contributed by atoms with Crippen LogP contribution in [0.3, 0.4) is 0 Å². The Labute approximate surface area is 120 Å². The summed E-state index contributed by atoms with van der Waals surface area (Å²) in [4.78, 5) is 22.9. The van der Waals surface area contributed by atoms with Crippen molar-refractivity contribution in [1.82, 2.24) is 10.2 Å². The standard InChI is InChI=1S/C13H13N3O4S/c1-2-21(19,20)11-6-4-3-5-9(11)14-13(18)10-7-8-12(17)16-15-10/h3-8H,2H2,1H3,(H,14,18)(H,16,17). The number of benzene rings is 1. The molecule has 21 heavy (non-hydrogen) atoms. The van der Waals surface area contributed by atoms with Crippen molar-refractivity contribution in [1.29, 1.82) is 0 Å². The monoisotopic (exact) mass is 307 g/mol. The van der Waals surface area contributed by atoms with Crippen LogP contribution in [-0.2, 0) is 9.84 Å². The summed E-state index contributed by atoms with van der Waals surface area (Å²) in [5, 5.41) is 8.21. The lowest BCUT2D eigenvalue weighted by molar-refractivity contribution is 0.102. The van der Waals surface area contributed by atoms with Gasteiger partial charge < -0.3 is 5.32 Å². The number of nitrogens with one attached hydrogen (secondary N) is 2. The molecule has 2 rings (SSSR count). The first-order valence-electron chi connectivity index (χ1n) is 6.13. The highest BCUT2D eigenvalue weighted by Gasteiger charge is 2.18. The van der Waals surface area contributed by atoms with Crippen molar-refractivity contribution in [3.05, 3.63) is 52.4 Å². The van der Waals surface area contributed by atoms with Crippen LogP contribution in [0.4, 0.5) is 5.69 Å². The molecule has 0 unspecified atom stereocenters. The molecule has 0 aliphatic rings. The van der Waals surface area contributed by atoms with E-state index in [2.05, 4.69) is 15.5 Å². The van der Waals surface area contributed by atoms with E-state index in [1.54, 1.807) is 12.1 Å². The van der Waals surface area contributed by atoms with Crippen molar-refractivity contribution in [3.63, 3.8) is 0 Å². The molecule has 0 saturated heterocycles. The van der Waals surface area contributed by atoms with Crippen LogP contribution in [0.15, 0.2) is 46.1 Å². The van der Waals surface area contributed by atoms with Crippen molar-refractivity contribution in [3.8, 4) is 0 Å². The summed E-state index contributed by atoms with van der Waals surface area (Å²) in [6.45, 7) is 1.53. The van der Waals surface area contributed by atoms with Gasteiger partial charge in [-0.15, -0.1) is 0 Å². The topological polar surface area (TPSA) is 109 Å². The van der Waals surface area contributed by atoms with E-state index < -0.39 is 21.3 Å². The third-order valence-electron chi connectivity index (χ3n) is 2.76. The van der Waals surface area contributed by atoms with Crippen molar-refractivity contribution in [2.75, 3.05) is 11.1 Å². The fourth-order valence-electron chi connectivity index (χ4n) is 1.65. The molecule has 0 aliphatic carbocycles. The van der Waals surface area contributed by atoms with Crippen LogP contribution in [0.1, 0.15) is 17.4 Å². The third kappa shape index (κ3) is 3.34. The second kappa shape index (κ2) is 5.88. The molecular weight excluding hydrogens is 294 g/mol. The average molecular weight is 307 g/mol. The molecule has 2 N–H and O–H groups in total. The lowest BCUT2D eigenvalue weighted by atomic mass is 10.3. The van der Waals surface area contributed by atoms with E-state index in [-0.39, 0.29) is 22.0 Å². The van der Waals surface area contributed by atoms with Crippen molar-refractivity contribution in [2.24, 2.45) is 0 Å². The maximum atomic E-state index is 12.0. The van der Waals surface area contributed by atoms with Gasteiger partial charge in [-0.25, -0.2) is 13.5 Å². The number of H-pyrrole nitrogens is 1. The first kappa shape index (κ1) is 14.9. The van der Waals surface area contributed by atoms with E-state index >= 15 is 0 Å². The summed E-state index contributed by atoms with van der Waals surface area (Å²) >= 11 is 0. The molecule has 0 fully saturated rings. The molecule has 7 nitrogen and oxygen atoms in total. The summed E-state index contributed by atoms with van der Waals surface area (Å²) in [6, 6.07) is 8.53. The second-order valence-corrected chi connectivity index (χ2v) is 6.41. The maximum absolute atomic E-state index is 12.0. The van der Waals surface area contributed by atoms with Gasteiger partial charge in [0.15, 0.2) is 9.84 Å². The van der Waals surface area contributed by atoms with E-state index in [1.165, 1.54) is 25.1 Å². The zero-order chi connectivity index (χ0) is 15.5. The van der Waals surface area contributed by atoms with E-state index in [4.69, 9.17) is 0 Å². The predicted octanol–water partition coefficient (Wildman–Crippen LogP) is 0.816. The Morgan fingerprint density at radius 1 is 1.24 bits per heavy atom. The normalized spacial score (nSPS) is 11.1. The highest BCUT2D eigenvalue weighted by molar-refractivity contribution is 7.91. The number of hydrogen-bond donors (Lipinski definition) is 2. The number of carbonyl (C=O) groups is 1. The Morgan fingerprint density at radius 3 is 2.57 bits per heavy atom. The number of sulfone groups is 1. The lowest BCUT2D eigenvalue weighted by Crippen LogP contribution is -2.19. The number of aromatic nitrogens is 2. The summed E-state index contributed by atoms with van der Waals surface area (Å²) in [6.07, 6.45) is 0. The Kier molecular flexibility index (Phi) is 4.18. The van der Waals surface area contributed by atoms with Crippen molar-refractivity contribution >= 4 is 21.4 Å². The van der Waals surface area contributed by atoms with Crippen LogP contribution < -0.4 is 10.9 Å². The van der Waals surface area contributed by atoms with E-state index in [1.807, 2.05) is 0 Å². The third-order valence-corrected chi connectivity index (χ3v) is 4.55. The zero-order valence-corrected chi connectivity index (χ0v) is 12.0. The Hall–Kier alpha value is -2.48. The number of rotatable bonds is 4. The Morgan fingerprint density at radius 2 is 1.95 bits per heavy atom. The molecular formula is C13H13N3O4S. The number of anilines is 1. The number of hydrogen-bond acceptors (Lipinski definition) is 5. The molecule has 1 heterocycles. The summed E-state index contributed by atoms with van der Waals surface area (Å²) < 4.78 is 23.9. The zero-order valence-electron chi connectivity index (χ0n) is 11.2. The van der Waals surface area contributed by atoms with Crippen LogP contribution >= 0.6 is 0 Å². The minimum atomic E-state index is -3.46. The van der Waals surface area contributed by atoms with Gasteiger partial charge in [-0.3, -0.25) is 9.59 Å². The van der Waals surface area contributed by atoms with Gasteiger partial charge in [0.2, 0.25) is 0 Å². The molecule has 0 spiro atoms. The number of amides is 1. The van der Waals surface area contributed by atoms with Gasteiger partial charge in [-0.2, -0.15) is 5.10 Å². The molecule has 0 bridgehead atoms. The summed E-state index contributed by atoms with van der Waals surface area (Å²) in [5.74, 6) is -0.679. The average Bonchev–Trinajstić information content (AvgIpc) is 2.48. The van der Waals surface area contributed by atoms with E-state index in [9.17, 15) is 18.0 Å². The molecule has 2 aromatic rings. The molecule has 1 aromatic heterocycles. The van der Waals surface area contributed by atoms with E-state index in [0.29, 0.717) is 0 Å². The van der Waals surface area contributed by atoms with Gasteiger partial charge in [0, 0.05) is 6.07 Å². The van der Waals surface area contributed by atoms with Gasteiger partial charge in [-0.1, -0.05) is 19.1 Å². The predicted molar refractivity (Wildman–Crippen MR) is 77.0 cm³/mol. The quantitative estimate of drug-likeness (QED) is 0.869. The molecule has 8 heteroatoms. The van der Waals surface area contributed by atoms with Gasteiger partial charge in [-0.05, 0) is 18.2 Å². The highest BCUT2D eigenvalue weighted by Crippen LogP contribution is 2.22. The van der Waals surface area contributed by atoms with Crippen LogP contribution in [-0.4, -0.2) is 30.3 Å². The molecule has 110 valence electrons. The van der Waals surface area contributed by atoms with Crippen LogP contribution in [0.2, 0.25) is 0 Å². The molecule has 0 saturated carbocycles. The number of para-hydroxylation sites is 1. The van der Waals surface area contributed by atoms with Gasteiger partial charge in [0.1, 0.15) is 5.69 Å². The minimum absolute atomic E-state index is 0.0155. The van der Waals surface area contributed by atoms with Crippen LogP contribution in [0, 0.1) is 0 Å².